The molecule has 0 aliphatic carbocycles. The van der Waals surface area contributed by atoms with Crippen molar-refractivity contribution in [3.8, 4) is 17.1 Å². The van der Waals surface area contributed by atoms with Gasteiger partial charge in [0.2, 0.25) is 0 Å². The van der Waals surface area contributed by atoms with E-state index in [1.54, 1.807) is 12.3 Å². The summed E-state index contributed by atoms with van der Waals surface area (Å²) in [4.78, 5) is 4.19. The Balaban J connectivity index is 2.26. The summed E-state index contributed by atoms with van der Waals surface area (Å²) in [6.45, 7) is 0.395. The van der Waals surface area contributed by atoms with Gasteiger partial charge in [-0.15, -0.1) is 0 Å². The molecule has 0 spiro atoms. The molecule has 0 atom stereocenters. The molecule has 70 valence electrons. The van der Waals surface area contributed by atoms with Gasteiger partial charge in [-0.3, -0.25) is 4.57 Å². The van der Waals surface area contributed by atoms with Crippen molar-refractivity contribution in [2.45, 2.75) is 6.73 Å². The summed E-state index contributed by atoms with van der Waals surface area (Å²) < 4.78 is 20.1. The molecular formula is C10H7FN2O. The zero-order valence-corrected chi connectivity index (χ0v) is 7.27. The lowest BCUT2D eigenvalue weighted by molar-refractivity contribution is 0.229. The van der Waals surface area contributed by atoms with Crippen LogP contribution in [0, 0.1) is 5.82 Å². The quantitative estimate of drug-likeness (QED) is 0.635. The molecule has 0 N–H and O–H groups in total. The van der Waals surface area contributed by atoms with Crippen LogP contribution in [0.4, 0.5) is 4.39 Å². The first-order valence-corrected chi connectivity index (χ1v) is 4.28. The van der Waals surface area contributed by atoms with Crippen LogP contribution in [0.2, 0.25) is 0 Å². The molecule has 0 bridgehead atoms. The summed E-state index contributed by atoms with van der Waals surface area (Å²) in [5, 5.41) is 0. The van der Waals surface area contributed by atoms with E-state index in [0.29, 0.717) is 12.5 Å². The van der Waals surface area contributed by atoms with Crippen molar-refractivity contribution >= 4 is 0 Å². The average Bonchev–Trinajstić information content (AvgIpc) is 2.65. The van der Waals surface area contributed by atoms with E-state index in [1.807, 2.05) is 10.8 Å². The minimum absolute atomic E-state index is 0.288. The predicted molar refractivity (Wildman–Crippen MR) is 48.2 cm³/mol. The van der Waals surface area contributed by atoms with E-state index in [9.17, 15) is 4.39 Å². The Morgan fingerprint density at radius 2 is 2.36 bits per heavy atom. The van der Waals surface area contributed by atoms with E-state index in [4.69, 9.17) is 4.74 Å². The number of fused-ring (bicyclic) bond motifs is 3. The predicted octanol–water partition coefficient (Wildman–Crippen LogP) is 2.04. The third kappa shape index (κ3) is 0.937. The molecule has 1 aliphatic heterocycles. The van der Waals surface area contributed by atoms with Crippen LogP contribution < -0.4 is 4.74 Å². The van der Waals surface area contributed by atoms with Gasteiger partial charge in [-0.25, -0.2) is 9.37 Å². The maximum atomic E-state index is 12.9. The second kappa shape index (κ2) is 2.57. The number of nitrogens with zero attached hydrogens (tertiary/aromatic N) is 2. The van der Waals surface area contributed by atoms with Gasteiger partial charge in [0.05, 0.1) is 5.56 Å². The van der Waals surface area contributed by atoms with Crippen LogP contribution in [0.3, 0.4) is 0 Å². The van der Waals surface area contributed by atoms with Gasteiger partial charge >= 0.3 is 0 Å². The molecule has 1 aromatic carbocycles. The second-order valence-corrected chi connectivity index (χ2v) is 3.13. The van der Waals surface area contributed by atoms with Crippen molar-refractivity contribution in [2.24, 2.45) is 0 Å². The standard InChI is InChI=1S/C10H7FN2O/c11-7-1-2-8-9(5-7)14-6-13-4-3-12-10(8)13/h1-5H,6H2. The molecule has 3 rings (SSSR count). The minimum atomic E-state index is -0.288. The molecule has 0 fully saturated rings. The average molecular weight is 190 g/mol. The lowest BCUT2D eigenvalue weighted by atomic mass is 10.1. The minimum Gasteiger partial charge on any atom is -0.472 e. The summed E-state index contributed by atoms with van der Waals surface area (Å²) in [5.74, 6) is 1.10. The van der Waals surface area contributed by atoms with Gasteiger partial charge in [0.15, 0.2) is 6.73 Å². The lowest BCUT2D eigenvalue weighted by Gasteiger charge is -2.18. The molecule has 4 heteroatoms. The van der Waals surface area contributed by atoms with Crippen LogP contribution in [-0.4, -0.2) is 9.55 Å². The number of ether oxygens (including phenoxy) is 1. The van der Waals surface area contributed by atoms with E-state index in [2.05, 4.69) is 4.98 Å². The molecule has 14 heavy (non-hydrogen) atoms. The summed E-state index contributed by atoms with van der Waals surface area (Å²) in [6.07, 6.45) is 3.54. The largest absolute Gasteiger partial charge is 0.472 e. The fourth-order valence-electron chi connectivity index (χ4n) is 1.60. The molecule has 0 saturated carbocycles. The lowest BCUT2D eigenvalue weighted by Crippen LogP contribution is -2.12. The fourth-order valence-corrected chi connectivity index (χ4v) is 1.60. The smallest absolute Gasteiger partial charge is 0.166 e. The third-order valence-corrected chi connectivity index (χ3v) is 2.26. The van der Waals surface area contributed by atoms with E-state index in [-0.39, 0.29) is 5.82 Å². The van der Waals surface area contributed by atoms with Crippen molar-refractivity contribution in [2.75, 3.05) is 0 Å². The van der Waals surface area contributed by atoms with E-state index in [1.165, 1.54) is 12.1 Å². The zero-order chi connectivity index (χ0) is 9.54. The summed E-state index contributed by atoms with van der Waals surface area (Å²) in [7, 11) is 0. The Morgan fingerprint density at radius 1 is 1.43 bits per heavy atom. The number of aromatic nitrogens is 2. The Morgan fingerprint density at radius 3 is 3.29 bits per heavy atom. The zero-order valence-electron chi connectivity index (χ0n) is 7.27. The Labute approximate surface area is 79.8 Å². The van der Waals surface area contributed by atoms with Crippen molar-refractivity contribution in [1.29, 1.82) is 0 Å². The number of rotatable bonds is 0. The second-order valence-electron chi connectivity index (χ2n) is 3.13. The van der Waals surface area contributed by atoms with Gasteiger partial charge in [-0.1, -0.05) is 0 Å². The van der Waals surface area contributed by atoms with E-state index < -0.39 is 0 Å². The topological polar surface area (TPSA) is 27.1 Å². The van der Waals surface area contributed by atoms with Crippen molar-refractivity contribution in [1.82, 2.24) is 9.55 Å². The summed E-state index contributed by atoms with van der Waals surface area (Å²) >= 11 is 0. The molecule has 0 unspecified atom stereocenters. The van der Waals surface area contributed by atoms with Crippen LogP contribution in [0.5, 0.6) is 5.75 Å². The summed E-state index contributed by atoms with van der Waals surface area (Å²) in [5.41, 5.74) is 0.836. The van der Waals surface area contributed by atoms with Crippen molar-refractivity contribution in [3.05, 3.63) is 36.4 Å². The molecule has 0 amide bonds. The molecule has 1 aliphatic rings. The Bertz CT molecular complexity index is 493. The highest BCUT2D eigenvalue weighted by molar-refractivity contribution is 5.65. The number of benzene rings is 1. The third-order valence-electron chi connectivity index (χ3n) is 2.26. The monoisotopic (exact) mass is 190 g/mol. The van der Waals surface area contributed by atoms with Gasteiger partial charge in [0.1, 0.15) is 17.4 Å². The highest BCUT2D eigenvalue weighted by Crippen LogP contribution is 2.33. The molecule has 0 radical (unpaired) electrons. The van der Waals surface area contributed by atoms with Crippen LogP contribution >= 0.6 is 0 Å². The molecule has 3 nitrogen and oxygen atoms in total. The molecule has 1 aromatic heterocycles. The van der Waals surface area contributed by atoms with Gasteiger partial charge < -0.3 is 4.74 Å². The number of hydrogen-bond donors (Lipinski definition) is 0. The van der Waals surface area contributed by atoms with Crippen LogP contribution in [0.25, 0.3) is 11.4 Å². The summed E-state index contributed by atoms with van der Waals surface area (Å²) in [6, 6.07) is 4.47. The molecule has 2 aromatic rings. The highest BCUT2D eigenvalue weighted by atomic mass is 19.1. The maximum Gasteiger partial charge on any atom is 0.166 e. The van der Waals surface area contributed by atoms with Gasteiger partial charge in [-0.2, -0.15) is 0 Å². The normalized spacial score (nSPS) is 12.9. The van der Waals surface area contributed by atoms with Crippen LogP contribution in [0.15, 0.2) is 30.6 Å². The Kier molecular flexibility index (Phi) is 1.39. The first-order chi connectivity index (χ1) is 6.84. The van der Waals surface area contributed by atoms with E-state index in [0.717, 1.165) is 11.4 Å². The molecule has 2 heterocycles. The fraction of sp³-hybridized carbons (Fsp3) is 0.100. The van der Waals surface area contributed by atoms with Crippen molar-refractivity contribution in [3.63, 3.8) is 0 Å². The molecular weight excluding hydrogens is 183 g/mol. The molecule has 0 saturated heterocycles. The van der Waals surface area contributed by atoms with Gasteiger partial charge in [0, 0.05) is 18.5 Å². The maximum absolute atomic E-state index is 12.9. The van der Waals surface area contributed by atoms with Gasteiger partial charge in [-0.05, 0) is 12.1 Å². The number of halogens is 1. The van der Waals surface area contributed by atoms with E-state index >= 15 is 0 Å². The first-order valence-electron chi connectivity index (χ1n) is 4.28. The SMILES string of the molecule is Fc1ccc2c(c1)OCn1ccnc1-2. The van der Waals surface area contributed by atoms with Crippen LogP contribution in [-0.2, 0) is 6.73 Å². The van der Waals surface area contributed by atoms with Gasteiger partial charge in [0.25, 0.3) is 0 Å². The number of imidazole rings is 1. The Hall–Kier alpha value is -1.84. The highest BCUT2D eigenvalue weighted by Gasteiger charge is 2.17. The first kappa shape index (κ1) is 7.55. The van der Waals surface area contributed by atoms with Crippen molar-refractivity contribution < 1.29 is 9.13 Å². The van der Waals surface area contributed by atoms with Crippen LogP contribution in [0.1, 0.15) is 0 Å². The number of hydrogen-bond acceptors (Lipinski definition) is 2.